The highest BCUT2D eigenvalue weighted by Crippen LogP contribution is 2.11. The summed E-state index contributed by atoms with van der Waals surface area (Å²) in [5.41, 5.74) is 0.333. The van der Waals surface area contributed by atoms with Crippen molar-refractivity contribution < 1.29 is 0 Å². The summed E-state index contributed by atoms with van der Waals surface area (Å²) in [5, 5.41) is 3.03. The van der Waals surface area contributed by atoms with Crippen LogP contribution in [0.15, 0.2) is 4.99 Å². The SMILES string of the molecule is CNC1N=CCS1. The predicted molar refractivity (Wildman–Crippen MR) is 33.8 cm³/mol. The van der Waals surface area contributed by atoms with E-state index in [1.165, 1.54) is 0 Å². The molecule has 1 heterocycles. The van der Waals surface area contributed by atoms with Crippen LogP contribution in [0, 0.1) is 0 Å². The van der Waals surface area contributed by atoms with E-state index in [0.29, 0.717) is 5.50 Å². The maximum atomic E-state index is 4.08. The number of thioether (sulfide) groups is 1. The molecule has 1 rings (SSSR count). The molecule has 1 aliphatic heterocycles. The van der Waals surface area contributed by atoms with Crippen LogP contribution in [0.4, 0.5) is 0 Å². The van der Waals surface area contributed by atoms with Gasteiger partial charge in [0.15, 0.2) is 0 Å². The van der Waals surface area contributed by atoms with E-state index in [9.17, 15) is 0 Å². The quantitative estimate of drug-likeness (QED) is 0.533. The minimum atomic E-state index is 0.333. The van der Waals surface area contributed by atoms with Crippen LogP contribution in [0.1, 0.15) is 0 Å². The molecule has 0 amide bonds. The third kappa shape index (κ3) is 1.17. The molecule has 0 saturated heterocycles. The van der Waals surface area contributed by atoms with E-state index in [4.69, 9.17) is 0 Å². The zero-order valence-electron chi connectivity index (χ0n) is 4.22. The van der Waals surface area contributed by atoms with Gasteiger partial charge in [-0.1, -0.05) is 0 Å². The Balaban J connectivity index is 2.28. The van der Waals surface area contributed by atoms with Crippen LogP contribution >= 0.6 is 11.8 Å². The first kappa shape index (κ1) is 5.12. The summed E-state index contributed by atoms with van der Waals surface area (Å²) < 4.78 is 0. The van der Waals surface area contributed by atoms with Gasteiger partial charge in [-0.25, -0.2) is 0 Å². The summed E-state index contributed by atoms with van der Waals surface area (Å²) in [5.74, 6) is 1.06. The summed E-state index contributed by atoms with van der Waals surface area (Å²) in [4.78, 5) is 4.08. The van der Waals surface area contributed by atoms with Crippen molar-refractivity contribution in [1.82, 2.24) is 5.32 Å². The molecule has 1 atom stereocenters. The van der Waals surface area contributed by atoms with Crippen molar-refractivity contribution in [3.8, 4) is 0 Å². The van der Waals surface area contributed by atoms with E-state index in [1.807, 2.05) is 25.0 Å². The molecule has 0 aromatic heterocycles. The van der Waals surface area contributed by atoms with Crippen molar-refractivity contribution in [1.29, 1.82) is 0 Å². The smallest absolute Gasteiger partial charge is 0.146 e. The topological polar surface area (TPSA) is 24.4 Å². The molecular formula is C4H8N2S. The van der Waals surface area contributed by atoms with Crippen LogP contribution in [-0.4, -0.2) is 24.5 Å². The Morgan fingerprint density at radius 3 is 3.14 bits per heavy atom. The van der Waals surface area contributed by atoms with Gasteiger partial charge in [-0.15, -0.1) is 11.8 Å². The Labute approximate surface area is 47.4 Å². The van der Waals surface area contributed by atoms with Gasteiger partial charge in [0.05, 0.1) is 0 Å². The van der Waals surface area contributed by atoms with Gasteiger partial charge in [-0.3, -0.25) is 10.3 Å². The average Bonchev–Trinajstić information content (AvgIpc) is 2.14. The van der Waals surface area contributed by atoms with Crippen LogP contribution in [-0.2, 0) is 0 Å². The van der Waals surface area contributed by atoms with Crippen LogP contribution in [0.25, 0.3) is 0 Å². The van der Waals surface area contributed by atoms with Crippen LogP contribution in [0.5, 0.6) is 0 Å². The molecule has 1 aliphatic rings. The third-order valence-corrected chi connectivity index (χ3v) is 1.83. The van der Waals surface area contributed by atoms with E-state index in [1.54, 1.807) is 0 Å². The summed E-state index contributed by atoms with van der Waals surface area (Å²) >= 11 is 1.81. The van der Waals surface area contributed by atoms with Gasteiger partial charge < -0.3 is 0 Å². The lowest BCUT2D eigenvalue weighted by Gasteiger charge is -1.99. The largest absolute Gasteiger partial charge is 0.290 e. The number of aliphatic imine (C=N–C) groups is 1. The molecule has 3 heteroatoms. The number of rotatable bonds is 1. The van der Waals surface area contributed by atoms with Crippen molar-refractivity contribution >= 4 is 18.0 Å². The fraction of sp³-hybridized carbons (Fsp3) is 0.750. The van der Waals surface area contributed by atoms with Gasteiger partial charge in [0.1, 0.15) is 5.50 Å². The molecule has 40 valence electrons. The first-order chi connectivity index (χ1) is 3.43. The number of nitrogens with one attached hydrogen (secondary N) is 1. The first-order valence-electron chi connectivity index (χ1n) is 2.24. The highest BCUT2D eigenvalue weighted by atomic mass is 32.2. The summed E-state index contributed by atoms with van der Waals surface area (Å²) in [7, 11) is 1.92. The summed E-state index contributed by atoms with van der Waals surface area (Å²) in [6.07, 6.45) is 1.94. The van der Waals surface area contributed by atoms with Gasteiger partial charge >= 0.3 is 0 Å². The van der Waals surface area contributed by atoms with E-state index in [-0.39, 0.29) is 0 Å². The molecule has 2 nitrogen and oxygen atoms in total. The monoisotopic (exact) mass is 116 g/mol. The van der Waals surface area contributed by atoms with E-state index in [0.717, 1.165) is 5.75 Å². The van der Waals surface area contributed by atoms with Crippen molar-refractivity contribution in [2.45, 2.75) is 5.50 Å². The average molecular weight is 116 g/mol. The summed E-state index contributed by atoms with van der Waals surface area (Å²) in [6, 6.07) is 0. The Kier molecular flexibility index (Phi) is 1.70. The van der Waals surface area contributed by atoms with Crippen LogP contribution in [0.2, 0.25) is 0 Å². The molecule has 0 aromatic carbocycles. The van der Waals surface area contributed by atoms with Crippen molar-refractivity contribution in [2.24, 2.45) is 4.99 Å². The molecule has 1 N–H and O–H groups in total. The van der Waals surface area contributed by atoms with E-state index in [2.05, 4.69) is 10.3 Å². The summed E-state index contributed by atoms with van der Waals surface area (Å²) in [6.45, 7) is 0. The van der Waals surface area contributed by atoms with Crippen molar-refractivity contribution in [3.05, 3.63) is 0 Å². The number of nitrogens with zero attached hydrogens (tertiary/aromatic N) is 1. The Morgan fingerprint density at radius 2 is 2.86 bits per heavy atom. The lowest BCUT2D eigenvalue weighted by Crippen LogP contribution is -2.15. The Hall–Kier alpha value is -0.0200. The second-order valence-corrected chi connectivity index (χ2v) is 2.42. The highest BCUT2D eigenvalue weighted by Gasteiger charge is 2.04. The lowest BCUT2D eigenvalue weighted by molar-refractivity contribution is 0.788. The zero-order valence-corrected chi connectivity index (χ0v) is 5.03. The normalized spacial score (nSPS) is 29.0. The molecule has 1 unspecified atom stereocenters. The van der Waals surface area contributed by atoms with Crippen molar-refractivity contribution in [2.75, 3.05) is 12.8 Å². The molecule has 0 aromatic rings. The molecule has 0 fully saturated rings. The fourth-order valence-corrected chi connectivity index (χ4v) is 1.17. The maximum absolute atomic E-state index is 4.08. The first-order valence-corrected chi connectivity index (χ1v) is 3.29. The molecule has 0 aliphatic carbocycles. The van der Waals surface area contributed by atoms with Gasteiger partial charge in [-0.05, 0) is 7.05 Å². The van der Waals surface area contributed by atoms with Crippen LogP contribution < -0.4 is 5.32 Å². The minimum Gasteiger partial charge on any atom is -0.290 e. The second kappa shape index (κ2) is 2.33. The van der Waals surface area contributed by atoms with Crippen LogP contribution in [0.3, 0.4) is 0 Å². The Bertz CT molecular complexity index is 81.8. The molecular weight excluding hydrogens is 108 g/mol. The molecule has 0 radical (unpaired) electrons. The van der Waals surface area contributed by atoms with Gasteiger partial charge in [0.25, 0.3) is 0 Å². The second-order valence-electron chi connectivity index (χ2n) is 1.31. The van der Waals surface area contributed by atoms with Gasteiger partial charge in [0, 0.05) is 12.0 Å². The third-order valence-electron chi connectivity index (χ3n) is 0.816. The molecule has 7 heavy (non-hydrogen) atoms. The van der Waals surface area contributed by atoms with Gasteiger partial charge in [0.2, 0.25) is 0 Å². The number of hydrogen-bond donors (Lipinski definition) is 1. The van der Waals surface area contributed by atoms with E-state index >= 15 is 0 Å². The fourth-order valence-electron chi connectivity index (χ4n) is 0.474. The molecule has 0 spiro atoms. The predicted octanol–water partition coefficient (Wildman–Crippen LogP) is 0.307. The highest BCUT2D eigenvalue weighted by molar-refractivity contribution is 8.00. The zero-order chi connectivity index (χ0) is 5.11. The van der Waals surface area contributed by atoms with Crippen molar-refractivity contribution in [3.63, 3.8) is 0 Å². The van der Waals surface area contributed by atoms with E-state index < -0.39 is 0 Å². The Morgan fingerprint density at radius 1 is 2.00 bits per heavy atom. The number of hydrogen-bond acceptors (Lipinski definition) is 3. The maximum Gasteiger partial charge on any atom is 0.146 e. The molecule has 0 saturated carbocycles. The molecule has 0 bridgehead atoms. The lowest BCUT2D eigenvalue weighted by atomic mass is 10.9. The standard InChI is InChI=1S/C4H8N2S/c1-5-4-6-2-3-7-4/h2,4-5H,3H2,1H3. The van der Waals surface area contributed by atoms with Gasteiger partial charge in [-0.2, -0.15) is 0 Å². The minimum absolute atomic E-state index is 0.333.